The van der Waals surface area contributed by atoms with Crippen LogP contribution >= 0.6 is 0 Å². The molecule has 0 atom stereocenters. The van der Waals surface area contributed by atoms with E-state index >= 15 is 0 Å². The smallest absolute Gasteiger partial charge is 0.256 e. The van der Waals surface area contributed by atoms with Gasteiger partial charge in [0.1, 0.15) is 11.4 Å². The summed E-state index contributed by atoms with van der Waals surface area (Å²) in [6.07, 6.45) is 3.93. The van der Waals surface area contributed by atoms with E-state index in [-0.39, 0.29) is 11.9 Å². The normalized spacial score (nSPS) is 14.2. The van der Waals surface area contributed by atoms with Crippen LogP contribution in [0.1, 0.15) is 42.6 Å². The van der Waals surface area contributed by atoms with E-state index in [0.717, 1.165) is 37.3 Å². The molecule has 1 aliphatic rings. The Kier molecular flexibility index (Phi) is 4.79. The molecular weight excluding hydrogens is 300 g/mol. The zero-order valence-corrected chi connectivity index (χ0v) is 14.5. The van der Waals surface area contributed by atoms with Gasteiger partial charge in [0.05, 0.1) is 0 Å². The van der Waals surface area contributed by atoms with Crippen molar-refractivity contribution in [1.29, 1.82) is 0 Å². The van der Waals surface area contributed by atoms with Gasteiger partial charge in [-0.1, -0.05) is 23.8 Å². The lowest BCUT2D eigenvalue weighted by Crippen LogP contribution is -2.32. The third-order valence-corrected chi connectivity index (χ3v) is 4.11. The first-order valence-corrected chi connectivity index (χ1v) is 8.54. The second-order valence-corrected chi connectivity index (χ2v) is 6.62. The minimum atomic E-state index is -0.109. The molecule has 5 nitrogen and oxygen atoms in total. The summed E-state index contributed by atoms with van der Waals surface area (Å²) >= 11 is 0. The van der Waals surface area contributed by atoms with Crippen LogP contribution in [0.2, 0.25) is 0 Å². The van der Waals surface area contributed by atoms with Gasteiger partial charge in [0.25, 0.3) is 5.91 Å². The molecule has 1 amide bonds. The van der Waals surface area contributed by atoms with Crippen LogP contribution in [0, 0.1) is 6.92 Å². The average Bonchev–Trinajstić information content (AvgIpc) is 3.08. The van der Waals surface area contributed by atoms with Gasteiger partial charge in [-0.15, -0.1) is 0 Å². The van der Waals surface area contributed by atoms with Crippen LogP contribution < -0.4 is 10.2 Å². The van der Waals surface area contributed by atoms with E-state index in [0.29, 0.717) is 11.4 Å². The molecule has 3 rings (SSSR count). The van der Waals surface area contributed by atoms with Gasteiger partial charge in [0.15, 0.2) is 5.82 Å². The minimum absolute atomic E-state index is 0.0837. The molecule has 1 fully saturated rings. The summed E-state index contributed by atoms with van der Waals surface area (Å²) in [5.74, 6) is 1.31. The Morgan fingerprint density at radius 3 is 2.67 bits per heavy atom. The summed E-state index contributed by atoms with van der Waals surface area (Å²) in [4.78, 5) is 23.9. The van der Waals surface area contributed by atoms with Crippen molar-refractivity contribution in [1.82, 2.24) is 15.3 Å². The van der Waals surface area contributed by atoms with Crippen molar-refractivity contribution in [3.8, 4) is 11.4 Å². The van der Waals surface area contributed by atoms with E-state index in [1.54, 1.807) is 6.20 Å². The molecule has 0 saturated carbocycles. The number of aryl methyl sites for hydroxylation is 1. The Bertz CT molecular complexity index is 736. The van der Waals surface area contributed by atoms with Crippen molar-refractivity contribution in [3.05, 3.63) is 41.6 Å². The molecule has 1 aromatic carbocycles. The van der Waals surface area contributed by atoms with Crippen molar-refractivity contribution in [2.75, 3.05) is 18.0 Å². The van der Waals surface area contributed by atoms with Gasteiger partial charge >= 0.3 is 0 Å². The van der Waals surface area contributed by atoms with Gasteiger partial charge in [-0.25, -0.2) is 9.97 Å². The highest BCUT2D eigenvalue weighted by Crippen LogP contribution is 2.25. The van der Waals surface area contributed by atoms with Crippen LogP contribution in [-0.2, 0) is 0 Å². The summed E-state index contributed by atoms with van der Waals surface area (Å²) in [6.45, 7) is 7.83. The zero-order chi connectivity index (χ0) is 17.1. The van der Waals surface area contributed by atoms with E-state index in [2.05, 4.69) is 34.3 Å². The SMILES string of the molecule is Cc1cccc(-c2ncc(C(=O)NC(C)C)c(N3CCCC3)n2)c1. The zero-order valence-electron chi connectivity index (χ0n) is 14.5. The Labute approximate surface area is 143 Å². The molecule has 1 N–H and O–H groups in total. The topological polar surface area (TPSA) is 58.1 Å². The van der Waals surface area contributed by atoms with Gasteiger partial charge in [-0.05, 0) is 39.7 Å². The molecule has 0 bridgehead atoms. The number of aromatic nitrogens is 2. The van der Waals surface area contributed by atoms with Gasteiger partial charge < -0.3 is 10.2 Å². The summed E-state index contributed by atoms with van der Waals surface area (Å²) in [5, 5.41) is 2.95. The highest BCUT2D eigenvalue weighted by molar-refractivity contribution is 5.99. The molecule has 5 heteroatoms. The van der Waals surface area contributed by atoms with E-state index in [4.69, 9.17) is 4.98 Å². The van der Waals surface area contributed by atoms with Crippen molar-refractivity contribution < 1.29 is 4.79 Å². The van der Waals surface area contributed by atoms with Crippen LogP contribution in [0.15, 0.2) is 30.5 Å². The molecule has 1 aliphatic heterocycles. The maximum Gasteiger partial charge on any atom is 0.256 e. The summed E-state index contributed by atoms with van der Waals surface area (Å²) in [6, 6.07) is 8.21. The first-order valence-electron chi connectivity index (χ1n) is 8.54. The molecule has 2 heterocycles. The maximum absolute atomic E-state index is 12.5. The molecule has 0 spiro atoms. The Hall–Kier alpha value is -2.43. The minimum Gasteiger partial charge on any atom is -0.356 e. The number of carbonyl (C=O) groups is 1. The summed E-state index contributed by atoms with van der Waals surface area (Å²) in [5.41, 5.74) is 2.70. The fraction of sp³-hybridized carbons (Fsp3) is 0.421. The lowest BCUT2D eigenvalue weighted by Gasteiger charge is -2.20. The molecule has 2 aromatic rings. The number of benzene rings is 1. The predicted octanol–water partition coefficient (Wildman–Crippen LogP) is 3.19. The van der Waals surface area contributed by atoms with Crippen molar-refractivity contribution in [2.45, 2.75) is 39.7 Å². The maximum atomic E-state index is 12.5. The number of amides is 1. The molecule has 1 saturated heterocycles. The van der Waals surface area contributed by atoms with Crippen LogP contribution in [0.3, 0.4) is 0 Å². The lowest BCUT2D eigenvalue weighted by atomic mass is 10.1. The second-order valence-electron chi connectivity index (χ2n) is 6.62. The molecular formula is C19H24N4O. The number of carbonyl (C=O) groups excluding carboxylic acids is 1. The van der Waals surface area contributed by atoms with E-state index < -0.39 is 0 Å². The number of nitrogens with zero attached hydrogens (tertiary/aromatic N) is 3. The molecule has 24 heavy (non-hydrogen) atoms. The van der Waals surface area contributed by atoms with Crippen LogP contribution in [0.4, 0.5) is 5.82 Å². The predicted molar refractivity (Wildman–Crippen MR) is 96.3 cm³/mol. The van der Waals surface area contributed by atoms with Crippen molar-refractivity contribution in [2.24, 2.45) is 0 Å². The number of nitrogens with one attached hydrogen (secondary N) is 1. The quantitative estimate of drug-likeness (QED) is 0.938. The highest BCUT2D eigenvalue weighted by atomic mass is 16.1. The van der Waals surface area contributed by atoms with Gasteiger partial charge in [-0.2, -0.15) is 0 Å². The van der Waals surface area contributed by atoms with E-state index in [1.165, 1.54) is 5.56 Å². The highest BCUT2D eigenvalue weighted by Gasteiger charge is 2.23. The number of anilines is 1. The van der Waals surface area contributed by atoms with Crippen molar-refractivity contribution >= 4 is 11.7 Å². The van der Waals surface area contributed by atoms with Gasteiger partial charge in [0, 0.05) is 30.9 Å². The molecule has 0 unspecified atom stereocenters. The second kappa shape index (κ2) is 6.99. The summed E-state index contributed by atoms with van der Waals surface area (Å²) < 4.78 is 0. The number of hydrogen-bond acceptors (Lipinski definition) is 4. The number of hydrogen-bond donors (Lipinski definition) is 1. The Balaban J connectivity index is 2.02. The Morgan fingerprint density at radius 1 is 1.25 bits per heavy atom. The molecule has 1 aromatic heterocycles. The summed E-state index contributed by atoms with van der Waals surface area (Å²) in [7, 11) is 0. The van der Waals surface area contributed by atoms with Crippen LogP contribution in [0.5, 0.6) is 0 Å². The number of rotatable bonds is 4. The fourth-order valence-electron chi connectivity index (χ4n) is 2.97. The van der Waals surface area contributed by atoms with Crippen molar-refractivity contribution in [3.63, 3.8) is 0 Å². The van der Waals surface area contributed by atoms with E-state index in [1.807, 2.05) is 26.0 Å². The molecule has 126 valence electrons. The largest absolute Gasteiger partial charge is 0.356 e. The Morgan fingerprint density at radius 2 is 2.00 bits per heavy atom. The average molecular weight is 324 g/mol. The standard InChI is InChI=1S/C19H24N4O/c1-13(2)21-19(24)16-12-20-17(15-8-6-7-14(3)11-15)22-18(16)23-9-4-5-10-23/h6-8,11-13H,4-5,9-10H2,1-3H3,(H,21,24). The molecule has 0 aliphatic carbocycles. The van der Waals surface area contributed by atoms with Gasteiger partial charge in [0.2, 0.25) is 0 Å². The first-order chi connectivity index (χ1) is 11.5. The van der Waals surface area contributed by atoms with E-state index in [9.17, 15) is 4.79 Å². The third-order valence-electron chi connectivity index (χ3n) is 4.11. The monoisotopic (exact) mass is 324 g/mol. The fourth-order valence-corrected chi connectivity index (χ4v) is 2.97. The third kappa shape index (κ3) is 3.55. The van der Waals surface area contributed by atoms with Crippen LogP contribution in [-0.4, -0.2) is 35.0 Å². The molecule has 0 radical (unpaired) electrons. The first kappa shape index (κ1) is 16.4. The van der Waals surface area contributed by atoms with Crippen LogP contribution in [0.25, 0.3) is 11.4 Å². The lowest BCUT2D eigenvalue weighted by molar-refractivity contribution is 0.0943. The van der Waals surface area contributed by atoms with Gasteiger partial charge in [-0.3, -0.25) is 4.79 Å².